The van der Waals surface area contributed by atoms with Crippen LogP contribution < -0.4 is 10.6 Å². The second-order valence-corrected chi connectivity index (χ2v) is 16.5. The van der Waals surface area contributed by atoms with Gasteiger partial charge in [0.25, 0.3) is 0 Å². The number of hydrogen-bond acceptors (Lipinski definition) is 6. The highest BCUT2D eigenvalue weighted by atomic mass is 28.3. The van der Waals surface area contributed by atoms with E-state index in [4.69, 9.17) is 9.97 Å². The normalized spacial score (nSPS) is 12.8. The molecule has 7 nitrogen and oxygen atoms in total. The summed E-state index contributed by atoms with van der Waals surface area (Å²) >= 11 is 0. The molecule has 4 rings (SSSR count). The smallest absolute Gasteiger partial charge is 0.225 e. The number of hydrogen-bond donors (Lipinski definition) is 2. The van der Waals surface area contributed by atoms with Crippen molar-refractivity contribution in [1.82, 2.24) is 24.2 Å². The van der Waals surface area contributed by atoms with Crippen molar-refractivity contribution in [3.05, 3.63) is 78.8 Å². The molecule has 0 radical (unpaired) electrons. The minimum Gasteiger partial charge on any atom is -0.379 e. The molecule has 1 atom stereocenters. The maximum Gasteiger partial charge on any atom is 0.225 e. The van der Waals surface area contributed by atoms with Crippen molar-refractivity contribution in [2.24, 2.45) is 0 Å². The van der Waals surface area contributed by atoms with Crippen molar-refractivity contribution in [1.29, 1.82) is 0 Å². The molecule has 2 N–H and O–H groups in total. The van der Waals surface area contributed by atoms with E-state index < -0.39 is 8.24 Å². The van der Waals surface area contributed by atoms with Gasteiger partial charge in [-0.15, -0.1) is 0 Å². The fourth-order valence-electron chi connectivity index (χ4n) is 5.93. The standard InChI is InChI=1S/C29H38FN7Si/c1-19(2)38(20(3)4,21(5)6)37-15-12-24(18-37)26-16-27(35-28-17-31-13-14-32-28)36-29(34-26)33-22(7)23-8-10-25(30)11-9-23/h8-22H,1-7H3,(H2,32,33,34,35,36). The van der Waals surface area contributed by atoms with E-state index in [2.05, 4.69) is 84.8 Å². The molecule has 9 heteroatoms. The number of anilines is 3. The minimum atomic E-state index is -1.89. The number of aromatic nitrogens is 5. The zero-order chi connectivity index (χ0) is 27.4. The summed E-state index contributed by atoms with van der Waals surface area (Å²) in [5.41, 5.74) is 4.52. The molecule has 1 aromatic carbocycles. The summed E-state index contributed by atoms with van der Waals surface area (Å²) < 4.78 is 16.0. The van der Waals surface area contributed by atoms with Crippen LogP contribution in [0.2, 0.25) is 16.6 Å². The zero-order valence-corrected chi connectivity index (χ0v) is 24.3. The Morgan fingerprint density at radius 1 is 0.842 bits per heavy atom. The van der Waals surface area contributed by atoms with Crippen LogP contribution in [0.3, 0.4) is 0 Å². The number of benzene rings is 1. The quantitative estimate of drug-likeness (QED) is 0.203. The number of nitrogens with one attached hydrogen (secondary N) is 2. The molecule has 0 bridgehead atoms. The van der Waals surface area contributed by atoms with Crippen LogP contribution in [0.1, 0.15) is 60.1 Å². The summed E-state index contributed by atoms with van der Waals surface area (Å²) in [7, 11) is -1.89. The number of halogens is 1. The maximum absolute atomic E-state index is 13.4. The first-order valence-corrected chi connectivity index (χ1v) is 15.4. The molecule has 0 saturated carbocycles. The molecule has 0 aliphatic heterocycles. The topological polar surface area (TPSA) is 80.5 Å². The molecule has 0 aliphatic rings. The summed E-state index contributed by atoms with van der Waals surface area (Å²) in [4.78, 5) is 18.1. The highest BCUT2D eigenvalue weighted by molar-refractivity contribution is 6.82. The maximum atomic E-state index is 13.4. The molecule has 200 valence electrons. The van der Waals surface area contributed by atoms with Gasteiger partial charge in [-0.1, -0.05) is 53.7 Å². The first kappa shape index (κ1) is 27.4. The predicted octanol–water partition coefficient (Wildman–Crippen LogP) is 7.81. The van der Waals surface area contributed by atoms with Crippen molar-refractivity contribution >= 4 is 25.8 Å². The van der Waals surface area contributed by atoms with Crippen molar-refractivity contribution < 1.29 is 4.39 Å². The Balaban J connectivity index is 1.74. The summed E-state index contributed by atoms with van der Waals surface area (Å²) in [6, 6.07) is 10.4. The van der Waals surface area contributed by atoms with Gasteiger partial charge in [-0.05, 0) is 53.5 Å². The third-order valence-corrected chi connectivity index (χ3v) is 14.2. The molecular weight excluding hydrogens is 493 g/mol. The Labute approximate surface area is 226 Å². The van der Waals surface area contributed by atoms with Crippen LogP contribution in [-0.4, -0.2) is 32.4 Å². The van der Waals surface area contributed by atoms with Crippen LogP contribution >= 0.6 is 0 Å². The van der Waals surface area contributed by atoms with Gasteiger partial charge in [0.15, 0.2) is 8.24 Å². The average molecular weight is 532 g/mol. The van der Waals surface area contributed by atoms with Gasteiger partial charge in [0, 0.05) is 30.2 Å². The monoisotopic (exact) mass is 531 g/mol. The van der Waals surface area contributed by atoms with Crippen LogP contribution in [0.25, 0.3) is 11.3 Å². The van der Waals surface area contributed by atoms with Gasteiger partial charge < -0.3 is 14.9 Å². The lowest BCUT2D eigenvalue weighted by Crippen LogP contribution is -2.51. The van der Waals surface area contributed by atoms with Crippen LogP contribution in [-0.2, 0) is 0 Å². The molecule has 0 aliphatic carbocycles. The largest absolute Gasteiger partial charge is 0.379 e. The number of nitrogens with zero attached hydrogens (tertiary/aromatic N) is 5. The van der Waals surface area contributed by atoms with E-state index >= 15 is 0 Å². The number of rotatable bonds is 10. The van der Waals surface area contributed by atoms with Crippen molar-refractivity contribution in [3.8, 4) is 11.3 Å². The SMILES string of the molecule is CC(Nc1nc(Nc2cnccn2)cc(-c2ccn([Si](C(C)C)(C(C)C)C(C)C)c2)n1)c1ccc(F)cc1. The molecular formula is C29H38FN7Si. The van der Waals surface area contributed by atoms with Gasteiger partial charge in [-0.2, -0.15) is 4.98 Å². The second-order valence-electron chi connectivity index (χ2n) is 10.8. The minimum absolute atomic E-state index is 0.123. The van der Waals surface area contributed by atoms with Crippen LogP contribution in [0.5, 0.6) is 0 Å². The van der Waals surface area contributed by atoms with E-state index in [9.17, 15) is 4.39 Å². The summed E-state index contributed by atoms with van der Waals surface area (Å²) in [6.07, 6.45) is 9.40. The average Bonchev–Trinajstić information content (AvgIpc) is 3.35. The third kappa shape index (κ3) is 5.62. The van der Waals surface area contributed by atoms with Gasteiger partial charge in [-0.3, -0.25) is 4.98 Å². The summed E-state index contributed by atoms with van der Waals surface area (Å²) in [5, 5.41) is 6.64. The third-order valence-electron chi connectivity index (χ3n) is 7.47. The van der Waals surface area contributed by atoms with E-state index in [0.717, 1.165) is 16.8 Å². The first-order chi connectivity index (χ1) is 18.1. The molecule has 3 heterocycles. The van der Waals surface area contributed by atoms with Crippen molar-refractivity contribution in [3.63, 3.8) is 0 Å². The first-order valence-electron chi connectivity index (χ1n) is 13.2. The van der Waals surface area contributed by atoms with E-state index in [-0.39, 0.29) is 11.9 Å². The van der Waals surface area contributed by atoms with E-state index in [0.29, 0.717) is 34.2 Å². The van der Waals surface area contributed by atoms with E-state index in [1.54, 1.807) is 30.7 Å². The van der Waals surface area contributed by atoms with Gasteiger partial charge in [0.1, 0.15) is 17.5 Å². The van der Waals surface area contributed by atoms with E-state index in [1.165, 1.54) is 12.1 Å². The lowest BCUT2D eigenvalue weighted by atomic mass is 10.1. The Bertz CT molecular complexity index is 1320. The highest BCUT2D eigenvalue weighted by Gasteiger charge is 2.45. The second kappa shape index (κ2) is 11.4. The fourth-order valence-corrected chi connectivity index (χ4v) is 12.4. The van der Waals surface area contributed by atoms with Gasteiger partial charge in [0.2, 0.25) is 5.95 Å². The Hall–Kier alpha value is -3.59. The van der Waals surface area contributed by atoms with Crippen molar-refractivity contribution in [2.75, 3.05) is 10.6 Å². The van der Waals surface area contributed by atoms with Gasteiger partial charge in [0.05, 0.1) is 17.9 Å². The lowest BCUT2D eigenvalue weighted by Gasteiger charge is -2.44. The molecule has 4 aromatic rings. The van der Waals surface area contributed by atoms with Gasteiger partial charge in [-0.25, -0.2) is 14.4 Å². The highest BCUT2D eigenvalue weighted by Crippen LogP contribution is 2.43. The molecule has 1 unspecified atom stereocenters. The Morgan fingerprint density at radius 2 is 1.53 bits per heavy atom. The molecule has 38 heavy (non-hydrogen) atoms. The Morgan fingerprint density at radius 3 is 2.13 bits per heavy atom. The van der Waals surface area contributed by atoms with Crippen LogP contribution in [0.4, 0.5) is 22.0 Å². The Kier molecular flexibility index (Phi) is 8.25. The fraction of sp³-hybridized carbons (Fsp3) is 0.379. The van der Waals surface area contributed by atoms with Crippen molar-refractivity contribution in [2.45, 2.75) is 71.1 Å². The summed E-state index contributed by atoms with van der Waals surface area (Å²) in [6.45, 7) is 16.2. The molecule has 0 fully saturated rings. The van der Waals surface area contributed by atoms with Gasteiger partial charge >= 0.3 is 0 Å². The lowest BCUT2D eigenvalue weighted by molar-refractivity contribution is 0.626. The molecule has 0 spiro atoms. The van der Waals surface area contributed by atoms with Crippen LogP contribution in [0, 0.1) is 5.82 Å². The predicted molar refractivity (Wildman–Crippen MR) is 156 cm³/mol. The zero-order valence-electron chi connectivity index (χ0n) is 23.3. The van der Waals surface area contributed by atoms with Crippen LogP contribution in [0.15, 0.2) is 67.4 Å². The molecule has 3 aromatic heterocycles. The summed E-state index contributed by atoms with van der Waals surface area (Å²) in [5.74, 6) is 1.41. The molecule has 0 saturated heterocycles. The molecule has 0 amide bonds. The van der Waals surface area contributed by atoms with E-state index in [1.807, 2.05) is 13.0 Å².